The third kappa shape index (κ3) is 3.91. The average molecular weight is 348 g/mol. The lowest BCUT2D eigenvalue weighted by molar-refractivity contribution is -0.300. The lowest BCUT2D eigenvalue weighted by Gasteiger charge is -2.45. The maximum absolute atomic E-state index is 12.4. The normalized spacial score (nSPS) is 27.4. The number of ether oxygens (including phenoxy) is 4. The summed E-state index contributed by atoms with van der Waals surface area (Å²) in [7, 11) is 2.63. The van der Waals surface area contributed by atoms with Crippen LogP contribution >= 0.6 is 0 Å². The number of rotatable bonds is 5. The Labute approximate surface area is 147 Å². The van der Waals surface area contributed by atoms with Gasteiger partial charge in [0, 0.05) is 19.4 Å². The van der Waals surface area contributed by atoms with E-state index in [-0.39, 0.29) is 18.4 Å². The maximum Gasteiger partial charge on any atom is 0.352 e. The first-order chi connectivity index (χ1) is 11.8. The summed E-state index contributed by atoms with van der Waals surface area (Å²) in [5, 5.41) is 0. The fourth-order valence-corrected chi connectivity index (χ4v) is 2.82. The van der Waals surface area contributed by atoms with Crippen LogP contribution in [0.1, 0.15) is 30.6 Å². The van der Waals surface area contributed by atoms with Gasteiger partial charge in [-0.1, -0.05) is 37.3 Å². The highest BCUT2D eigenvalue weighted by atomic mass is 16.7. The molecule has 0 aromatic heterocycles. The number of esters is 2. The number of carbonyl (C=O) groups is 2. The zero-order chi connectivity index (χ0) is 18.6. The van der Waals surface area contributed by atoms with Crippen molar-refractivity contribution in [2.45, 2.75) is 38.3 Å². The van der Waals surface area contributed by atoms with E-state index in [2.05, 4.69) is 6.58 Å². The van der Waals surface area contributed by atoms with Crippen molar-refractivity contribution in [3.05, 3.63) is 48.0 Å². The first-order valence-corrected chi connectivity index (χ1v) is 8.09. The molecule has 1 heterocycles. The van der Waals surface area contributed by atoms with Gasteiger partial charge in [0.15, 0.2) is 0 Å². The van der Waals surface area contributed by atoms with E-state index in [1.807, 2.05) is 13.8 Å². The molecule has 1 aliphatic heterocycles. The van der Waals surface area contributed by atoms with E-state index in [1.165, 1.54) is 14.2 Å². The highest BCUT2D eigenvalue weighted by Gasteiger charge is 2.53. The van der Waals surface area contributed by atoms with E-state index in [1.54, 1.807) is 30.3 Å². The third-order valence-electron chi connectivity index (χ3n) is 4.60. The molecule has 6 heteroatoms. The maximum atomic E-state index is 12.4. The van der Waals surface area contributed by atoms with Gasteiger partial charge in [-0.15, -0.1) is 0 Å². The van der Waals surface area contributed by atoms with E-state index >= 15 is 0 Å². The second kappa shape index (κ2) is 7.80. The number of methoxy groups -OCH3 is 2. The van der Waals surface area contributed by atoms with E-state index in [4.69, 9.17) is 18.9 Å². The molecular weight excluding hydrogens is 324 g/mol. The minimum absolute atomic E-state index is 0.0893. The van der Waals surface area contributed by atoms with Gasteiger partial charge in [0.2, 0.25) is 5.79 Å². The summed E-state index contributed by atoms with van der Waals surface area (Å²) in [6.07, 6.45) is -1.41. The molecule has 0 saturated carbocycles. The lowest BCUT2D eigenvalue weighted by Crippen LogP contribution is -2.58. The zero-order valence-electron chi connectivity index (χ0n) is 15.0. The molecule has 0 bridgehead atoms. The molecular formula is C19H24O6. The van der Waals surface area contributed by atoms with Crippen LogP contribution in [0.25, 0.3) is 0 Å². The molecule has 0 unspecified atom stereocenters. The van der Waals surface area contributed by atoms with Gasteiger partial charge >= 0.3 is 11.9 Å². The molecule has 1 aliphatic rings. The van der Waals surface area contributed by atoms with E-state index < -0.39 is 23.8 Å². The molecule has 1 aromatic carbocycles. The highest BCUT2D eigenvalue weighted by molar-refractivity contribution is 5.91. The minimum Gasteiger partial charge on any atom is -0.466 e. The predicted molar refractivity (Wildman–Crippen MR) is 90.9 cm³/mol. The molecule has 0 N–H and O–H groups in total. The van der Waals surface area contributed by atoms with E-state index in [0.29, 0.717) is 5.56 Å². The van der Waals surface area contributed by atoms with Crippen LogP contribution in [0.5, 0.6) is 0 Å². The largest absolute Gasteiger partial charge is 0.466 e. The Bertz CT molecular complexity index is 641. The van der Waals surface area contributed by atoms with Crippen molar-refractivity contribution in [1.82, 2.24) is 0 Å². The summed E-state index contributed by atoms with van der Waals surface area (Å²) >= 11 is 0. The Hall–Kier alpha value is -2.18. The summed E-state index contributed by atoms with van der Waals surface area (Å²) in [6, 6.07) is 8.39. The second-order valence-electron chi connectivity index (χ2n) is 6.14. The van der Waals surface area contributed by atoms with Crippen LogP contribution in [0.3, 0.4) is 0 Å². The molecule has 0 amide bonds. The number of hydrogen-bond acceptors (Lipinski definition) is 6. The van der Waals surface area contributed by atoms with Gasteiger partial charge in [-0.25, -0.2) is 9.59 Å². The molecule has 136 valence electrons. The van der Waals surface area contributed by atoms with Crippen LogP contribution in [-0.4, -0.2) is 44.2 Å². The Kier molecular flexibility index (Phi) is 5.98. The van der Waals surface area contributed by atoms with Crippen LogP contribution in [-0.2, 0) is 23.7 Å². The van der Waals surface area contributed by atoms with Crippen LogP contribution in [0.2, 0.25) is 0 Å². The fourth-order valence-electron chi connectivity index (χ4n) is 2.82. The SMILES string of the molecule is C=C1C[C@](OC)([C@H](OC(=O)c2ccccc2)C(=O)OC)O[C@H](C)[C@H]1C. The summed E-state index contributed by atoms with van der Waals surface area (Å²) in [4.78, 5) is 24.8. The van der Waals surface area contributed by atoms with Crippen molar-refractivity contribution < 1.29 is 28.5 Å². The van der Waals surface area contributed by atoms with Crippen molar-refractivity contribution >= 4 is 11.9 Å². The van der Waals surface area contributed by atoms with Crippen LogP contribution < -0.4 is 0 Å². The summed E-state index contributed by atoms with van der Waals surface area (Å²) in [5.74, 6) is -2.79. The Balaban J connectivity index is 2.33. The fraction of sp³-hybridized carbons (Fsp3) is 0.474. The van der Waals surface area contributed by atoms with Gasteiger partial charge in [0.1, 0.15) is 0 Å². The molecule has 0 spiro atoms. The lowest BCUT2D eigenvalue weighted by atomic mass is 9.85. The predicted octanol–water partition coefficient (Wildman–Crippen LogP) is 2.73. The first kappa shape index (κ1) is 19.1. The molecule has 6 nitrogen and oxygen atoms in total. The summed E-state index contributed by atoms with van der Waals surface area (Å²) in [6.45, 7) is 7.88. The number of benzene rings is 1. The molecule has 0 aliphatic carbocycles. The van der Waals surface area contributed by atoms with E-state index in [0.717, 1.165) is 5.57 Å². The van der Waals surface area contributed by atoms with Gasteiger partial charge in [0.05, 0.1) is 18.8 Å². The summed E-state index contributed by atoms with van der Waals surface area (Å²) < 4.78 is 21.8. The van der Waals surface area contributed by atoms with Crippen molar-refractivity contribution in [3.63, 3.8) is 0 Å². The number of hydrogen-bond donors (Lipinski definition) is 0. The van der Waals surface area contributed by atoms with Crippen molar-refractivity contribution in [1.29, 1.82) is 0 Å². The van der Waals surface area contributed by atoms with Gasteiger partial charge < -0.3 is 18.9 Å². The first-order valence-electron chi connectivity index (χ1n) is 8.09. The molecule has 1 fully saturated rings. The van der Waals surface area contributed by atoms with Gasteiger partial charge in [-0.2, -0.15) is 0 Å². The Morgan fingerprint density at radius 1 is 1.24 bits per heavy atom. The van der Waals surface area contributed by atoms with Gasteiger partial charge in [0.25, 0.3) is 6.10 Å². The standard InChI is InChI=1S/C19H24O6/c1-12-11-19(23-5,25-14(3)13(12)2)16(18(21)22-4)24-17(20)15-9-7-6-8-10-15/h6-10,13-14,16H,1,11H2,2-5H3/t13-,14+,16+,19+/m0/s1. The van der Waals surface area contributed by atoms with Crippen molar-refractivity contribution in [2.75, 3.05) is 14.2 Å². The van der Waals surface area contributed by atoms with Crippen molar-refractivity contribution in [3.8, 4) is 0 Å². The molecule has 2 rings (SSSR count). The second-order valence-corrected chi connectivity index (χ2v) is 6.14. The molecule has 0 radical (unpaired) electrons. The van der Waals surface area contributed by atoms with Crippen LogP contribution in [0, 0.1) is 5.92 Å². The molecule has 1 saturated heterocycles. The monoisotopic (exact) mass is 348 g/mol. The highest BCUT2D eigenvalue weighted by Crippen LogP contribution is 2.39. The Morgan fingerprint density at radius 2 is 1.88 bits per heavy atom. The topological polar surface area (TPSA) is 71.1 Å². The van der Waals surface area contributed by atoms with Crippen LogP contribution in [0.4, 0.5) is 0 Å². The molecule has 1 aromatic rings. The van der Waals surface area contributed by atoms with E-state index in [9.17, 15) is 9.59 Å². The summed E-state index contributed by atoms with van der Waals surface area (Å²) in [5.41, 5.74) is 1.17. The molecule has 25 heavy (non-hydrogen) atoms. The quantitative estimate of drug-likeness (QED) is 0.602. The average Bonchev–Trinajstić information content (AvgIpc) is 2.63. The minimum atomic E-state index is -1.47. The van der Waals surface area contributed by atoms with Gasteiger partial charge in [-0.3, -0.25) is 0 Å². The number of carbonyl (C=O) groups excluding carboxylic acids is 2. The van der Waals surface area contributed by atoms with Gasteiger partial charge in [-0.05, 0) is 19.1 Å². The van der Waals surface area contributed by atoms with Crippen molar-refractivity contribution in [2.24, 2.45) is 5.92 Å². The zero-order valence-corrected chi connectivity index (χ0v) is 15.0. The smallest absolute Gasteiger partial charge is 0.352 e. The molecule has 4 atom stereocenters. The third-order valence-corrected chi connectivity index (χ3v) is 4.60. The Morgan fingerprint density at radius 3 is 2.40 bits per heavy atom. The van der Waals surface area contributed by atoms with Crippen LogP contribution in [0.15, 0.2) is 42.5 Å².